The van der Waals surface area contributed by atoms with Crippen LogP contribution in [0.5, 0.6) is 0 Å². The first-order valence-electron chi connectivity index (χ1n) is 6.19. The molecule has 0 bridgehead atoms. The van der Waals surface area contributed by atoms with Gasteiger partial charge in [0.2, 0.25) is 0 Å². The number of aromatic nitrogens is 2. The highest BCUT2D eigenvalue weighted by Crippen LogP contribution is 2.24. The van der Waals surface area contributed by atoms with E-state index in [-0.39, 0.29) is 11.1 Å². The minimum Gasteiger partial charge on any atom is -0.285 e. The molecule has 1 aromatic carbocycles. The molecule has 0 N–H and O–H groups in total. The van der Waals surface area contributed by atoms with Gasteiger partial charge in [-0.15, -0.1) is 0 Å². The summed E-state index contributed by atoms with van der Waals surface area (Å²) in [5.74, 6) is -0.639. The summed E-state index contributed by atoms with van der Waals surface area (Å²) < 4.78 is 1.51. The number of rotatable bonds is 2. The summed E-state index contributed by atoms with van der Waals surface area (Å²) in [6, 6.07) is 10.9. The van der Waals surface area contributed by atoms with Gasteiger partial charge >= 0.3 is 0 Å². The Hall–Kier alpha value is -2.59. The topological polar surface area (TPSA) is 83.6 Å². The highest BCUT2D eigenvalue weighted by molar-refractivity contribution is 5.94. The number of nitrogens with zero attached hydrogens (tertiary/aromatic N) is 5. The first-order chi connectivity index (χ1) is 9.43. The third-order valence-corrected chi connectivity index (χ3v) is 2.83. The van der Waals surface area contributed by atoms with E-state index in [2.05, 4.69) is 15.1 Å². The van der Waals surface area contributed by atoms with Crippen molar-refractivity contribution in [3.63, 3.8) is 0 Å². The van der Waals surface area contributed by atoms with E-state index in [1.165, 1.54) is 4.68 Å². The molecule has 6 nitrogen and oxygen atoms in total. The number of hydrogen-bond donors (Lipinski definition) is 0. The van der Waals surface area contributed by atoms with E-state index >= 15 is 0 Å². The Morgan fingerprint density at radius 1 is 1.30 bits per heavy atom. The van der Waals surface area contributed by atoms with Crippen LogP contribution in [-0.4, -0.2) is 15.7 Å². The molecule has 0 aliphatic rings. The largest absolute Gasteiger partial charge is 0.285 e. The van der Waals surface area contributed by atoms with Gasteiger partial charge in [-0.3, -0.25) is 4.79 Å². The maximum absolute atomic E-state index is 11.9. The van der Waals surface area contributed by atoms with Gasteiger partial charge in [0.05, 0.1) is 11.4 Å². The maximum atomic E-state index is 11.9. The summed E-state index contributed by atoms with van der Waals surface area (Å²) in [7, 11) is 0. The summed E-state index contributed by atoms with van der Waals surface area (Å²) in [4.78, 5) is 14.5. The fraction of sp³-hybridized carbons (Fsp3) is 0.286. The van der Waals surface area contributed by atoms with E-state index in [0.717, 1.165) is 11.4 Å². The van der Waals surface area contributed by atoms with Crippen LogP contribution in [0.15, 0.2) is 41.5 Å². The predicted molar refractivity (Wildman–Crippen MR) is 75.7 cm³/mol. The van der Waals surface area contributed by atoms with Crippen molar-refractivity contribution in [3.8, 4) is 5.69 Å². The summed E-state index contributed by atoms with van der Waals surface area (Å²) >= 11 is 0. The van der Waals surface area contributed by atoms with E-state index < -0.39 is 5.91 Å². The fourth-order valence-corrected chi connectivity index (χ4v) is 1.76. The Bertz CT molecular complexity index is 675. The molecular formula is C14H15N5O. The molecule has 20 heavy (non-hydrogen) atoms. The van der Waals surface area contributed by atoms with Crippen molar-refractivity contribution in [2.75, 3.05) is 0 Å². The summed E-state index contributed by atoms with van der Waals surface area (Å²) in [6.07, 6.45) is 0. The van der Waals surface area contributed by atoms with Gasteiger partial charge in [-0.05, 0) is 28.8 Å². The Balaban J connectivity index is 2.62. The van der Waals surface area contributed by atoms with Crippen LogP contribution in [0.25, 0.3) is 16.1 Å². The number of azide groups is 1. The van der Waals surface area contributed by atoms with Crippen LogP contribution in [0.1, 0.15) is 37.0 Å². The SMILES string of the molecule is CC(C)(C)c1cc(C(=O)N=[N+]=[N-])n(-c2ccccc2)n1. The van der Waals surface area contributed by atoms with E-state index in [0.29, 0.717) is 0 Å². The minimum absolute atomic E-state index is 0.203. The minimum atomic E-state index is -0.639. The average molecular weight is 269 g/mol. The predicted octanol–water partition coefficient (Wildman–Crippen LogP) is 3.62. The molecule has 1 heterocycles. The average Bonchev–Trinajstić information content (AvgIpc) is 2.85. The number of benzene rings is 1. The molecule has 0 unspecified atom stereocenters. The molecule has 1 amide bonds. The second-order valence-electron chi connectivity index (χ2n) is 5.41. The number of para-hydroxylation sites is 1. The quantitative estimate of drug-likeness (QED) is 0.473. The molecule has 0 aliphatic heterocycles. The molecule has 0 fully saturated rings. The molecule has 0 radical (unpaired) electrons. The van der Waals surface area contributed by atoms with Crippen LogP contribution in [0.4, 0.5) is 0 Å². The fourth-order valence-electron chi connectivity index (χ4n) is 1.76. The van der Waals surface area contributed by atoms with Gasteiger partial charge in [-0.1, -0.05) is 39.0 Å². The number of carbonyl (C=O) groups is 1. The van der Waals surface area contributed by atoms with Crippen molar-refractivity contribution in [3.05, 3.63) is 58.2 Å². The Morgan fingerprint density at radius 2 is 1.95 bits per heavy atom. The molecule has 0 saturated carbocycles. The van der Waals surface area contributed by atoms with Crippen LogP contribution < -0.4 is 0 Å². The van der Waals surface area contributed by atoms with Crippen molar-refractivity contribution in [1.29, 1.82) is 0 Å². The molecule has 2 aromatic rings. The summed E-state index contributed by atoms with van der Waals surface area (Å²) in [6.45, 7) is 6.02. The van der Waals surface area contributed by atoms with Gasteiger partial charge in [0, 0.05) is 10.3 Å². The van der Waals surface area contributed by atoms with Gasteiger partial charge in [0.15, 0.2) is 0 Å². The van der Waals surface area contributed by atoms with E-state index in [1.807, 2.05) is 51.1 Å². The molecule has 102 valence electrons. The lowest BCUT2D eigenvalue weighted by Crippen LogP contribution is -2.12. The van der Waals surface area contributed by atoms with Gasteiger partial charge in [-0.2, -0.15) is 5.10 Å². The van der Waals surface area contributed by atoms with Crippen LogP contribution in [0.2, 0.25) is 0 Å². The first kappa shape index (κ1) is 13.8. The number of carbonyl (C=O) groups excluding carboxylic acids is 1. The highest BCUT2D eigenvalue weighted by Gasteiger charge is 2.22. The molecule has 6 heteroatoms. The number of amides is 1. The van der Waals surface area contributed by atoms with Crippen molar-refractivity contribution < 1.29 is 4.79 Å². The lowest BCUT2D eigenvalue weighted by Gasteiger charge is -2.14. The monoisotopic (exact) mass is 269 g/mol. The van der Waals surface area contributed by atoms with Gasteiger partial charge in [0.1, 0.15) is 5.69 Å². The molecule has 0 saturated heterocycles. The van der Waals surface area contributed by atoms with Gasteiger partial charge in [0.25, 0.3) is 5.91 Å². The Kier molecular flexibility index (Phi) is 3.59. The second kappa shape index (κ2) is 5.19. The normalized spacial score (nSPS) is 10.9. The second-order valence-corrected chi connectivity index (χ2v) is 5.41. The highest BCUT2D eigenvalue weighted by atomic mass is 16.2. The first-order valence-corrected chi connectivity index (χ1v) is 6.19. The third kappa shape index (κ3) is 2.70. The zero-order valence-corrected chi connectivity index (χ0v) is 11.6. The molecule has 1 aromatic heterocycles. The van der Waals surface area contributed by atoms with Crippen LogP contribution in [-0.2, 0) is 5.41 Å². The standard InChI is InChI=1S/C14H15N5O/c1-14(2,3)12-9-11(13(20)16-18-15)19(17-12)10-7-5-4-6-8-10/h4-9H,1-3H3. The van der Waals surface area contributed by atoms with Gasteiger partial charge < -0.3 is 0 Å². The lowest BCUT2D eigenvalue weighted by molar-refractivity contribution is 0.0993. The zero-order valence-electron chi connectivity index (χ0n) is 11.6. The van der Waals surface area contributed by atoms with E-state index in [1.54, 1.807) is 6.07 Å². The smallest absolute Gasteiger partial charge is 0.267 e. The van der Waals surface area contributed by atoms with Crippen molar-refractivity contribution in [1.82, 2.24) is 9.78 Å². The maximum Gasteiger partial charge on any atom is 0.267 e. The molecule has 2 rings (SSSR count). The molecule has 0 atom stereocenters. The van der Waals surface area contributed by atoms with Crippen LogP contribution in [0, 0.1) is 0 Å². The molecule has 0 aliphatic carbocycles. The Morgan fingerprint density at radius 3 is 2.50 bits per heavy atom. The van der Waals surface area contributed by atoms with Crippen molar-refractivity contribution >= 4 is 5.91 Å². The van der Waals surface area contributed by atoms with E-state index in [4.69, 9.17) is 5.53 Å². The lowest BCUT2D eigenvalue weighted by atomic mass is 9.92. The third-order valence-electron chi connectivity index (χ3n) is 2.83. The van der Waals surface area contributed by atoms with Crippen LogP contribution in [0.3, 0.4) is 0 Å². The number of hydrogen-bond acceptors (Lipinski definition) is 2. The van der Waals surface area contributed by atoms with Crippen molar-refractivity contribution in [2.45, 2.75) is 26.2 Å². The molecular weight excluding hydrogens is 254 g/mol. The summed E-state index contributed by atoms with van der Waals surface area (Å²) in [5.41, 5.74) is 10.0. The molecule has 0 spiro atoms. The summed E-state index contributed by atoms with van der Waals surface area (Å²) in [5, 5.41) is 7.62. The zero-order chi connectivity index (χ0) is 14.8. The van der Waals surface area contributed by atoms with E-state index in [9.17, 15) is 4.79 Å². The Labute approximate surface area is 116 Å². The van der Waals surface area contributed by atoms with Crippen LogP contribution >= 0.6 is 0 Å². The van der Waals surface area contributed by atoms with Gasteiger partial charge in [-0.25, -0.2) is 4.68 Å². The van der Waals surface area contributed by atoms with Crippen molar-refractivity contribution in [2.24, 2.45) is 5.11 Å².